The predicted molar refractivity (Wildman–Crippen MR) is 92.3 cm³/mol. The summed E-state index contributed by atoms with van der Waals surface area (Å²) in [6.07, 6.45) is 8.48. The molecule has 0 aromatic carbocycles. The van der Waals surface area contributed by atoms with Crippen LogP contribution in [0.15, 0.2) is 31.0 Å². The molecule has 0 spiro atoms. The smallest absolute Gasteiger partial charge is 0.254 e. The summed E-state index contributed by atoms with van der Waals surface area (Å²) in [5, 5.41) is 13.5. The SMILES string of the molecule is CC(C)c1ncc(C(=O)NC[C@]2(O)CCN(c3cnccn3)C2)cn1. The standard InChI is InChI=1S/C17H22N6O2/c1-12(2)15-20-7-13(8-21-15)16(24)22-10-17(25)3-6-23(11-17)14-9-18-4-5-19-14/h4-5,7-9,12,25H,3,6,10-11H2,1-2H3,(H,22,24)/t17-/m1/s1. The third-order valence-corrected chi connectivity index (χ3v) is 4.23. The summed E-state index contributed by atoms with van der Waals surface area (Å²) >= 11 is 0. The van der Waals surface area contributed by atoms with Gasteiger partial charge in [-0.2, -0.15) is 0 Å². The monoisotopic (exact) mass is 342 g/mol. The molecule has 2 N–H and O–H groups in total. The van der Waals surface area contributed by atoms with Gasteiger partial charge >= 0.3 is 0 Å². The molecule has 0 bridgehead atoms. The molecular formula is C17H22N6O2. The van der Waals surface area contributed by atoms with Gasteiger partial charge in [-0.1, -0.05) is 13.8 Å². The van der Waals surface area contributed by atoms with Crippen molar-refractivity contribution in [2.45, 2.75) is 31.8 Å². The molecule has 1 aliphatic heterocycles. The van der Waals surface area contributed by atoms with Crippen LogP contribution in [0.4, 0.5) is 5.82 Å². The minimum absolute atomic E-state index is 0.161. The lowest BCUT2D eigenvalue weighted by Crippen LogP contribution is -2.45. The Bertz CT molecular complexity index is 722. The van der Waals surface area contributed by atoms with E-state index < -0.39 is 5.60 Å². The van der Waals surface area contributed by atoms with E-state index in [0.29, 0.717) is 30.9 Å². The molecule has 0 saturated carbocycles. The van der Waals surface area contributed by atoms with E-state index in [1.165, 1.54) is 12.4 Å². The molecule has 2 aromatic rings. The number of amides is 1. The lowest BCUT2D eigenvalue weighted by molar-refractivity contribution is 0.0575. The molecule has 3 rings (SSSR count). The molecule has 2 aromatic heterocycles. The normalized spacial score (nSPS) is 20.1. The topological polar surface area (TPSA) is 104 Å². The highest BCUT2D eigenvalue weighted by atomic mass is 16.3. The van der Waals surface area contributed by atoms with Crippen molar-refractivity contribution < 1.29 is 9.90 Å². The van der Waals surface area contributed by atoms with E-state index in [4.69, 9.17) is 0 Å². The maximum atomic E-state index is 12.2. The maximum Gasteiger partial charge on any atom is 0.254 e. The summed E-state index contributed by atoms with van der Waals surface area (Å²) in [6, 6.07) is 0. The van der Waals surface area contributed by atoms with E-state index in [-0.39, 0.29) is 18.4 Å². The Morgan fingerprint density at radius 2 is 2.04 bits per heavy atom. The van der Waals surface area contributed by atoms with Gasteiger partial charge in [-0.15, -0.1) is 0 Å². The van der Waals surface area contributed by atoms with E-state index >= 15 is 0 Å². The second-order valence-electron chi connectivity index (χ2n) is 6.63. The first kappa shape index (κ1) is 17.2. The highest BCUT2D eigenvalue weighted by molar-refractivity contribution is 5.93. The number of nitrogens with zero attached hydrogens (tertiary/aromatic N) is 5. The van der Waals surface area contributed by atoms with Crippen LogP contribution in [-0.2, 0) is 0 Å². The Kier molecular flexibility index (Phi) is 4.89. The second kappa shape index (κ2) is 7.10. The quantitative estimate of drug-likeness (QED) is 0.826. The Morgan fingerprint density at radius 1 is 1.28 bits per heavy atom. The first-order chi connectivity index (χ1) is 12.0. The van der Waals surface area contributed by atoms with Gasteiger partial charge in [0.1, 0.15) is 17.2 Å². The first-order valence-corrected chi connectivity index (χ1v) is 8.30. The third-order valence-electron chi connectivity index (χ3n) is 4.23. The van der Waals surface area contributed by atoms with Crippen LogP contribution < -0.4 is 10.2 Å². The molecule has 1 aliphatic rings. The molecule has 1 amide bonds. The molecule has 1 atom stereocenters. The zero-order chi connectivity index (χ0) is 17.9. The van der Waals surface area contributed by atoms with Crippen LogP contribution in [0, 0.1) is 0 Å². The number of β-amino-alcohol motifs (C(OH)–C–C–N with tert-alkyl or cyclic N) is 1. The summed E-state index contributed by atoms with van der Waals surface area (Å²) in [6.45, 7) is 5.21. The van der Waals surface area contributed by atoms with E-state index in [1.54, 1.807) is 18.6 Å². The average Bonchev–Trinajstić information content (AvgIpc) is 3.03. The van der Waals surface area contributed by atoms with Gasteiger partial charge in [0.15, 0.2) is 0 Å². The molecule has 3 heterocycles. The van der Waals surface area contributed by atoms with Crippen molar-refractivity contribution in [3.63, 3.8) is 0 Å². The van der Waals surface area contributed by atoms with Gasteiger partial charge < -0.3 is 15.3 Å². The fraction of sp³-hybridized carbons (Fsp3) is 0.471. The Balaban J connectivity index is 1.56. The molecule has 0 unspecified atom stereocenters. The Morgan fingerprint density at radius 3 is 2.68 bits per heavy atom. The summed E-state index contributed by atoms with van der Waals surface area (Å²) in [4.78, 5) is 30.9. The number of rotatable bonds is 5. The molecular weight excluding hydrogens is 320 g/mol. The molecule has 25 heavy (non-hydrogen) atoms. The van der Waals surface area contributed by atoms with Crippen LogP contribution in [0.5, 0.6) is 0 Å². The molecule has 1 saturated heterocycles. The molecule has 8 nitrogen and oxygen atoms in total. The Labute approximate surface area is 146 Å². The number of carbonyl (C=O) groups is 1. The number of hydrogen-bond donors (Lipinski definition) is 2. The van der Waals surface area contributed by atoms with Gasteiger partial charge in [-0.05, 0) is 6.42 Å². The summed E-state index contributed by atoms with van der Waals surface area (Å²) in [7, 11) is 0. The summed E-state index contributed by atoms with van der Waals surface area (Å²) in [5.74, 6) is 1.35. The lowest BCUT2D eigenvalue weighted by atomic mass is 10.0. The molecule has 132 valence electrons. The van der Waals surface area contributed by atoms with Crippen LogP contribution in [-0.4, -0.2) is 56.2 Å². The van der Waals surface area contributed by atoms with Crippen LogP contribution in [0.2, 0.25) is 0 Å². The number of aliphatic hydroxyl groups is 1. The number of hydrogen-bond acceptors (Lipinski definition) is 7. The predicted octanol–water partition coefficient (Wildman–Crippen LogP) is 0.761. The molecule has 8 heteroatoms. The Hall–Kier alpha value is -2.61. The van der Waals surface area contributed by atoms with Crippen molar-refractivity contribution in [2.75, 3.05) is 24.5 Å². The second-order valence-corrected chi connectivity index (χ2v) is 6.63. The largest absolute Gasteiger partial charge is 0.386 e. The van der Waals surface area contributed by atoms with Gasteiger partial charge in [0.25, 0.3) is 5.91 Å². The zero-order valence-corrected chi connectivity index (χ0v) is 14.4. The van der Waals surface area contributed by atoms with E-state index in [1.807, 2.05) is 18.7 Å². The van der Waals surface area contributed by atoms with Gasteiger partial charge in [-0.25, -0.2) is 15.0 Å². The van der Waals surface area contributed by atoms with Crippen molar-refractivity contribution in [3.8, 4) is 0 Å². The van der Waals surface area contributed by atoms with E-state index in [9.17, 15) is 9.90 Å². The average molecular weight is 342 g/mol. The third kappa shape index (κ3) is 4.08. The maximum absolute atomic E-state index is 12.2. The first-order valence-electron chi connectivity index (χ1n) is 8.30. The zero-order valence-electron chi connectivity index (χ0n) is 14.4. The van der Waals surface area contributed by atoms with Gasteiger partial charge in [-0.3, -0.25) is 9.78 Å². The van der Waals surface area contributed by atoms with Crippen molar-refractivity contribution >= 4 is 11.7 Å². The molecule has 1 fully saturated rings. The number of aromatic nitrogens is 4. The van der Waals surface area contributed by atoms with Crippen molar-refractivity contribution in [3.05, 3.63) is 42.4 Å². The van der Waals surface area contributed by atoms with Crippen molar-refractivity contribution in [1.29, 1.82) is 0 Å². The molecule has 0 aliphatic carbocycles. The highest BCUT2D eigenvalue weighted by Crippen LogP contribution is 2.24. The fourth-order valence-electron chi connectivity index (χ4n) is 2.75. The van der Waals surface area contributed by atoms with Gasteiger partial charge in [0.05, 0.1) is 11.8 Å². The summed E-state index contributed by atoms with van der Waals surface area (Å²) < 4.78 is 0. The lowest BCUT2D eigenvalue weighted by Gasteiger charge is -2.24. The minimum Gasteiger partial charge on any atom is -0.386 e. The van der Waals surface area contributed by atoms with Crippen molar-refractivity contribution in [1.82, 2.24) is 25.3 Å². The number of anilines is 1. The fourth-order valence-corrected chi connectivity index (χ4v) is 2.75. The van der Waals surface area contributed by atoms with E-state index in [2.05, 4.69) is 25.3 Å². The van der Waals surface area contributed by atoms with Crippen LogP contribution in [0.3, 0.4) is 0 Å². The highest BCUT2D eigenvalue weighted by Gasteiger charge is 2.37. The van der Waals surface area contributed by atoms with Gasteiger partial charge in [0, 0.05) is 50.3 Å². The van der Waals surface area contributed by atoms with E-state index in [0.717, 1.165) is 5.82 Å². The van der Waals surface area contributed by atoms with Crippen LogP contribution in [0.25, 0.3) is 0 Å². The molecule has 0 radical (unpaired) electrons. The van der Waals surface area contributed by atoms with Crippen molar-refractivity contribution in [2.24, 2.45) is 0 Å². The van der Waals surface area contributed by atoms with Crippen LogP contribution >= 0.6 is 0 Å². The van der Waals surface area contributed by atoms with Crippen LogP contribution in [0.1, 0.15) is 42.4 Å². The number of carbonyl (C=O) groups excluding carboxylic acids is 1. The van der Waals surface area contributed by atoms with Gasteiger partial charge in [0.2, 0.25) is 0 Å². The summed E-state index contributed by atoms with van der Waals surface area (Å²) in [5.41, 5.74) is -0.608. The number of nitrogens with one attached hydrogen (secondary N) is 1. The minimum atomic E-state index is -0.994.